The third-order valence-electron chi connectivity index (χ3n) is 5.06. The molecular formula is C23H44O4. The van der Waals surface area contributed by atoms with Crippen LogP contribution in [0, 0.1) is 0 Å². The summed E-state index contributed by atoms with van der Waals surface area (Å²) in [5.41, 5.74) is 0. The Labute approximate surface area is 167 Å². The van der Waals surface area contributed by atoms with Gasteiger partial charge in [0.05, 0.1) is 0 Å². The second-order valence-corrected chi connectivity index (χ2v) is 7.83. The Bertz CT molecular complexity index is 354. The van der Waals surface area contributed by atoms with Crippen molar-refractivity contribution in [3.05, 3.63) is 0 Å². The number of carbonyl (C=O) groups is 2. The Morgan fingerprint density at radius 1 is 0.667 bits per heavy atom. The Kier molecular flexibility index (Phi) is 18.9. The number of carbonyl (C=O) groups excluding carboxylic acids is 1. The van der Waals surface area contributed by atoms with E-state index in [1.807, 2.05) is 0 Å². The van der Waals surface area contributed by atoms with Crippen LogP contribution in [0.3, 0.4) is 0 Å². The van der Waals surface area contributed by atoms with Crippen molar-refractivity contribution in [2.24, 2.45) is 0 Å². The molecule has 1 N–H and O–H groups in total. The molecule has 1 atom stereocenters. The van der Waals surface area contributed by atoms with Crippen LogP contribution in [0.15, 0.2) is 0 Å². The van der Waals surface area contributed by atoms with E-state index in [1.54, 1.807) is 0 Å². The van der Waals surface area contributed by atoms with Gasteiger partial charge in [0.2, 0.25) is 0 Å². The average Bonchev–Trinajstić information content (AvgIpc) is 2.62. The van der Waals surface area contributed by atoms with Crippen LogP contribution in [0.25, 0.3) is 0 Å². The van der Waals surface area contributed by atoms with Crippen LogP contribution < -0.4 is 0 Å². The number of aliphatic carboxylic acids is 1. The molecule has 160 valence electrons. The van der Waals surface area contributed by atoms with Crippen LogP contribution in [-0.2, 0) is 14.3 Å². The number of unbranched alkanes of at least 4 members (excludes halogenated alkanes) is 11. The monoisotopic (exact) mass is 384 g/mol. The summed E-state index contributed by atoms with van der Waals surface area (Å²) in [5.74, 6) is -0.790. The molecule has 0 heterocycles. The molecular weight excluding hydrogens is 340 g/mol. The number of hydrogen-bond acceptors (Lipinski definition) is 3. The molecule has 0 aliphatic heterocycles. The lowest BCUT2D eigenvalue weighted by Gasteiger charge is -2.17. The molecule has 0 rings (SSSR count). The summed E-state index contributed by atoms with van der Waals surface area (Å²) in [6.07, 6.45) is 18.8. The predicted molar refractivity (Wildman–Crippen MR) is 112 cm³/mol. The van der Waals surface area contributed by atoms with Gasteiger partial charge in [0.25, 0.3) is 0 Å². The van der Waals surface area contributed by atoms with Crippen LogP contribution in [0.5, 0.6) is 0 Å². The Balaban J connectivity index is 3.63. The van der Waals surface area contributed by atoms with Crippen LogP contribution in [-0.4, -0.2) is 23.1 Å². The van der Waals surface area contributed by atoms with Gasteiger partial charge in [-0.1, -0.05) is 84.5 Å². The minimum absolute atomic E-state index is 0.00967. The van der Waals surface area contributed by atoms with Crippen molar-refractivity contribution in [3.8, 4) is 0 Å². The largest absolute Gasteiger partial charge is 0.481 e. The van der Waals surface area contributed by atoms with Gasteiger partial charge in [-0.15, -0.1) is 0 Å². The average molecular weight is 385 g/mol. The Morgan fingerprint density at radius 2 is 1.19 bits per heavy atom. The molecule has 0 spiro atoms. The molecule has 0 saturated heterocycles. The minimum Gasteiger partial charge on any atom is -0.481 e. The van der Waals surface area contributed by atoms with Crippen LogP contribution in [0.4, 0.5) is 0 Å². The van der Waals surface area contributed by atoms with Crippen molar-refractivity contribution in [3.63, 3.8) is 0 Å². The third kappa shape index (κ3) is 19.5. The molecule has 4 nitrogen and oxygen atoms in total. The minimum atomic E-state index is -0.733. The van der Waals surface area contributed by atoms with E-state index in [-0.39, 0.29) is 18.5 Å². The fraction of sp³-hybridized carbons (Fsp3) is 0.913. The molecule has 0 saturated carbocycles. The van der Waals surface area contributed by atoms with Crippen molar-refractivity contribution >= 4 is 11.9 Å². The van der Waals surface area contributed by atoms with Gasteiger partial charge < -0.3 is 9.84 Å². The van der Waals surface area contributed by atoms with Gasteiger partial charge in [-0.3, -0.25) is 9.59 Å². The summed E-state index contributed by atoms with van der Waals surface area (Å²) < 4.78 is 5.65. The summed E-state index contributed by atoms with van der Waals surface area (Å²) >= 11 is 0. The van der Waals surface area contributed by atoms with Gasteiger partial charge in [-0.2, -0.15) is 0 Å². The topological polar surface area (TPSA) is 63.6 Å². The summed E-state index contributed by atoms with van der Waals surface area (Å²) in [5, 5.41) is 8.65. The summed E-state index contributed by atoms with van der Waals surface area (Å²) in [4.78, 5) is 22.6. The highest BCUT2D eigenvalue weighted by Crippen LogP contribution is 2.15. The quantitative estimate of drug-likeness (QED) is 0.180. The maximum Gasteiger partial charge on any atom is 0.306 e. The van der Waals surface area contributed by atoms with Crippen LogP contribution in [0.2, 0.25) is 0 Å². The number of hydrogen-bond donors (Lipinski definition) is 1. The van der Waals surface area contributed by atoms with Crippen LogP contribution in [0.1, 0.15) is 129 Å². The second kappa shape index (κ2) is 19.7. The zero-order chi connectivity index (χ0) is 20.2. The van der Waals surface area contributed by atoms with Crippen molar-refractivity contribution < 1.29 is 19.4 Å². The lowest BCUT2D eigenvalue weighted by molar-refractivity contribution is -0.150. The predicted octanol–water partition coefficient (Wildman–Crippen LogP) is 7.04. The van der Waals surface area contributed by atoms with Crippen molar-refractivity contribution in [1.82, 2.24) is 0 Å². The SMILES string of the molecule is CCCCCCCCCCCCC(=O)OC(CCC)CCCCCC(=O)O. The van der Waals surface area contributed by atoms with E-state index in [1.165, 1.54) is 51.4 Å². The molecule has 0 aromatic rings. The maximum atomic E-state index is 12.0. The number of carboxylic acid groups (broad SMARTS) is 1. The maximum absolute atomic E-state index is 12.0. The fourth-order valence-corrected chi connectivity index (χ4v) is 3.41. The van der Waals surface area contributed by atoms with Gasteiger partial charge in [0.1, 0.15) is 6.10 Å². The van der Waals surface area contributed by atoms with E-state index in [4.69, 9.17) is 9.84 Å². The highest BCUT2D eigenvalue weighted by Gasteiger charge is 2.13. The molecule has 0 amide bonds. The molecule has 0 fully saturated rings. The molecule has 1 unspecified atom stereocenters. The summed E-state index contributed by atoms with van der Waals surface area (Å²) in [6, 6.07) is 0. The van der Waals surface area contributed by atoms with Crippen molar-refractivity contribution in [1.29, 1.82) is 0 Å². The standard InChI is InChI=1S/C23H44O4/c1-3-5-6-7-8-9-10-11-12-16-20-23(26)27-21(17-4-2)18-14-13-15-19-22(24)25/h21H,3-20H2,1-2H3,(H,24,25). The molecule has 27 heavy (non-hydrogen) atoms. The molecule has 0 radical (unpaired) electrons. The second-order valence-electron chi connectivity index (χ2n) is 7.83. The van der Waals surface area contributed by atoms with Gasteiger partial charge in [-0.05, 0) is 32.1 Å². The Morgan fingerprint density at radius 3 is 1.74 bits per heavy atom. The first kappa shape index (κ1) is 25.9. The molecule has 0 bridgehead atoms. The normalized spacial score (nSPS) is 12.1. The van der Waals surface area contributed by atoms with E-state index in [0.717, 1.165) is 44.9 Å². The number of esters is 1. The van der Waals surface area contributed by atoms with Crippen molar-refractivity contribution in [2.45, 2.75) is 136 Å². The molecule has 0 aliphatic rings. The lowest BCUT2D eigenvalue weighted by Crippen LogP contribution is -2.18. The summed E-state index contributed by atoms with van der Waals surface area (Å²) in [7, 11) is 0. The lowest BCUT2D eigenvalue weighted by atomic mass is 10.0. The summed E-state index contributed by atoms with van der Waals surface area (Å²) in [6.45, 7) is 4.35. The van der Waals surface area contributed by atoms with E-state index < -0.39 is 5.97 Å². The molecule has 0 aromatic carbocycles. The first-order valence-electron chi connectivity index (χ1n) is 11.5. The third-order valence-corrected chi connectivity index (χ3v) is 5.06. The zero-order valence-corrected chi connectivity index (χ0v) is 18.0. The van der Waals surface area contributed by atoms with Gasteiger partial charge in [0, 0.05) is 12.8 Å². The smallest absolute Gasteiger partial charge is 0.306 e. The highest BCUT2D eigenvalue weighted by atomic mass is 16.5. The van der Waals surface area contributed by atoms with E-state index >= 15 is 0 Å². The molecule has 4 heteroatoms. The fourth-order valence-electron chi connectivity index (χ4n) is 3.41. The van der Waals surface area contributed by atoms with Gasteiger partial charge >= 0.3 is 11.9 Å². The van der Waals surface area contributed by atoms with Crippen molar-refractivity contribution in [2.75, 3.05) is 0 Å². The van der Waals surface area contributed by atoms with E-state index in [9.17, 15) is 9.59 Å². The van der Waals surface area contributed by atoms with Gasteiger partial charge in [0.15, 0.2) is 0 Å². The first-order valence-corrected chi connectivity index (χ1v) is 11.5. The zero-order valence-electron chi connectivity index (χ0n) is 18.0. The first-order chi connectivity index (χ1) is 13.1. The van der Waals surface area contributed by atoms with E-state index in [0.29, 0.717) is 12.8 Å². The highest BCUT2D eigenvalue weighted by molar-refractivity contribution is 5.69. The number of carboxylic acids is 1. The molecule has 0 aromatic heterocycles. The number of rotatable bonds is 20. The van der Waals surface area contributed by atoms with Crippen LogP contribution >= 0.6 is 0 Å². The Hall–Kier alpha value is -1.06. The van der Waals surface area contributed by atoms with Gasteiger partial charge in [-0.25, -0.2) is 0 Å². The van der Waals surface area contributed by atoms with E-state index in [2.05, 4.69) is 13.8 Å². The molecule has 0 aliphatic carbocycles. The number of ether oxygens (including phenoxy) is 1.